The van der Waals surface area contributed by atoms with Crippen LogP contribution in [0.15, 0.2) is 24.3 Å². The van der Waals surface area contributed by atoms with Gasteiger partial charge in [0.15, 0.2) is 0 Å². The molecule has 0 bridgehead atoms. The Kier molecular flexibility index (Phi) is 4.95. The highest BCUT2D eigenvalue weighted by molar-refractivity contribution is 14.1. The van der Waals surface area contributed by atoms with Crippen molar-refractivity contribution in [2.24, 2.45) is 0 Å². The molecule has 1 aromatic heterocycles. The van der Waals surface area contributed by atoms with Crippen LogP contribution in [0.3, 0.4) is 0 Å². The van der Waals surface area contributed by atoms with Gasteiger partial charge in [0.2, 0.25) is 5.13 Å². The Hall–Kier alpha value is -0.890. The molecule has 3 rings (SSSR count). The standard InChI is InChI=1S/C15H18IN3OS/c1-2-14-17-15(21-18-14)19-9-7-11(8-10-19)20-13-6-4-3-5-12(13)16/h3-6,11H,2,7-10H2,1H3. The highest BCUT2D eigenvalue weighted by Crippen LogP contribution is 2.26. The summed E-state index contributed by atoms with van der Waals surface area (Å²) in [5, 5.41) is 1.06. The molecule has 1 saturated heterocycles. The van der Waals surface area contributed by atoms with Crippen LogP contribution in [0.4, 0.5) is 5.13 Å². The van der Waals surface area contributed by atoms with Crippen molar-refractivity contribution in [3.8, 4) is 5.75 Å². The van der Waals surface area contributed by atoms with Crippen molar-refractivity contribution in [3.05, 3.63) is 33.7 Å². The number of rotatable bonds is 4. The first-order valence-electron chi connectivity index (χ1n) is 7.25. The first-order valence-corrected chi connectivity index (χ1v) is 9.10. The van der Waals surface area contributed by atoms with Crippen molar-refractivity contribution in [2.75, 3.05) is 18.0 Å². The molecule has 112 valence electrons. The molecule has 0 unspecified atom stereocenters. The van der Waals surface area contributed by atoms with E-state index in [0.717, 1.165) is 49.1 Å². The second-order valence-electron chi connectivity index (χ2n) is 5.08. The Morgan fingerprint density at radius 2 is 2.10 bits per heavy atom. The van der Waals surface area contributed by atoms with E-state index < -0.39 is 0 Å². The van der Waals surface area contributed by atoms with E-state index in [9.17, 15) is 0 Å². The topological polar surface area (TPSA) is 38.2 Å². The van der Waals surface area contributed by atoms with Gasteiger partial charge < -0.3 is 9.64 Å². The normalized spacial score (nSPS) is 16.2. The fourth-order valence-electron chi connectivity index (χ4n) is 2.40. The molecule has 0 atom stereocenters. The van der Waals surface area contributed by atoms with E-state index in [-0.39, 0.29) is 0 Å². The Morgan fingerprint density at radius 1 is 1.33 bits per heavy atom. The maximum absolute atomic E-state index is 6.13. The highest BCUT2D eigenvalue weighted by Gasteiger charge is 2.23. The van der Waals surface area contributed by atoms with Crippen LogP contribution in [0, 0.1) is 3.57 Å². The largest absolute Gasteiger partial charge is 0.489 e. The summed E-state index contributed by atoms with van der Waals surface area (Å²) in [4.78, 5) is 6.89. The van der Waals surface area contributed by atoms with Crippen molar-refractivity contribution < 1.29 is 4.74 Å². The number of piperidine rings is 1. The van der Waals surface area contributed by atoms with Crippen molar-refractivity contribution in [1.82, 2.24) is 9.36 Å². The van der Waals surface area contributed by atoms with Gasteiger partial charge in [0.25, 0.3) is 0 Å². The summed E-state index contributed by atoms with van der Waals surface area (Å²) in [6.07, 6.45) is 3.27. The molecule has 1 fully saturated rings. The maximum Gasteiger partial charge on any atom is 0.205 e. The Bertz CT molecular complexity index is 596. The molecule has 21 heavy (non-hydrogen) atoms. The van der Waals surface area contributed by atoms with E-state index in [1.807, 2.05) is 18.2 Å². The number of hydrogen-bond donors (Lipinski definition) is 0. The summed E-state index contributed by atoms with van der Waals surface area (Å²) in [5.41, 5.74) is 0. The third-order valence-electron chi connectivity index (χ3n) is 3.62. The zero-order chi connectivity index (χ0) is 14.7. The van der Waals surface area contributed by atoms with Crippen LogP contribution in [0.2, 0.25) is 0 Å². The lowest BCUT2D eigenvalue weighted by Gasteiger charge is -2.31. The van der Waals surface area contributed by atoms with Gasteiger partial charge in [-0.1, -0.05) is 19.1 Å². The fraction of sp³-hybridized carbons (Fsp3) is 0.467. The zero-order valence-electron chi connectivity index (χ0n) is 12.0. The molecular formula is C15H18IN3OS. The molecule has 4 nitrogen and oxygen atoms in total. The van der Waals surface area contributed by atoms with E-state index in [1.165, 1.54) is 15.1 Å². The van der Waals surface area contributed by atoms with Crippen LogP contribution in [0.25, 0.3) is 0 Å². The second-order valence-corrected chi connectivity index (χ2v) is 6.97. The number of ether oxygens (including phenoxy) is 1. The van der Waals surface area contributed by atoms with E-state index in [4.69, 9.17) is 4.74 Å². The fourth-order valence-corrected chi connectivity index (χ4v) is 3.72. The molecule has 2 aromatic rings. The summed E-state index contributed by atoms with van der Waals surface area (Å²) in [7, 11) is 0. The number of aryl methyl sites for hydroxylation is 1. The van der Waals surface area contributed by atoms with Gasteiger partial charge in [-0.05, 0) is 34.7 Å². The smallest absolute Gasteiger partial charge is 0.205 e. The molecule has 0 amide bonds. The molecule has 2 heterocycles. The van der Waals surface area contributed by atoms with E-state index in [1.54, 1.807) is 0 Å². The van der Waals surface area contributed by atoms with Crippen LogP contribution < -0.4 is 9.64 Å². The molecule has 0 aliphatic carbocycles. The summed E-state index contributed by atoms with van der Waals surface area (Å²) in [5.74, 6) is 1.95. The van der Waals surface area contributed by atoms with Crippen LogP contribution in [-0.2, 0) is 6.42 Å². The van der Waals surface area contributed by atoms with E-state index in [2.05, 4.69) is 49.8 Å². The van der Waals surface area contributed by atoms with Crippen molar-refractivity contribution in [3.63, 3.8) is 0 Å². The predicted molar refractivity (Wildman–Crippen MR) is 94.3 cm³/mol. The molecule has 0 N–H and O–H groups in total. The van der Waals surface area contributed by atoms with Crippen LogP contribution in [-0.4, -0.2) is 28.6 Å². The third-order valence-corrected chi connectivity index (χ3v) is 5.32. The minimum Gasteiger partial charge on any atom is -0.489 e. The number of halogens is 1. The summed E-state index contributed by atoms with van der Waals surface area (Å²) >= 11 is 3.84. The zero-order valence-corrected chi connectivity index (χ0v) is 14.9. The average Bonchev–Trinajstić information content (AvgIpc) is 2.99. The van der Waals surface area contributed by atoms with Gasteiger partial charge in [-0.3, -0.25) is 0 Å². The monoisotopic (exact) mass is 415 g/mol. The van der Waals surface area contributed by atoms with Crippen LogP contribution in [0.1, 0.15) is 25.6 Å². The lowest BCUT2D eigenvalue weighted by molar-refractivity contribution is 0.169. The first kappa shape index (κ1) is 15.0. The minimum absolute atomic E-state index is 0.302. The van der Waals surface area contributed by atoms with Crippen LogP contribution in [0.5, 0.6) is 5.75 Å². The first-order chi connectivity index (χ1) is 10.3. The molecule has 1 aliphatic rings. The number of nitrogens with zero attached hydrogens (tertiary/aromatic N) is 3. The van der Waals surface area contributed by atoms with Crippen LogP contribution >= 0.6 is 34.1 Å². The summed E-state index contributed by atoms with van der Waals surface area (Å²) in [6, 6.07) is 8.20. The SMILES string of the molecule is CCc1nsc(N2CCC(Oc3ccccc3I)CC2)n1. The van der Waals surface area contributed by atoms with Gasteiger partial charge in [-0.25, -0.2) is 4.98 Å². The summed E-state index contributed by atoms with van der Waals surface area (Å²) < 4.78 is 11.7. The predicted octanol–water partition coefficient (Wildman–Crippen LogP) is 3.75. The number of para-hydroxylation sites is 1. The quantitative estimate of drug-likeness (QED) is 0.713. The van der Waals surface area contributed by atoms with Crippen molar-refractivity contribution in [1.29, 1.82) is 0 Å². The molecule has 6 heteroatoms. The molecule has 0 spiro atoms. The lowest BCUT2D eigenvalue weighted by atomic mass is 10.1. The van der Waals surface area contributed by atoms with Crippen molar-refractivity contribution in [2.45, 2.75) is 32.3 Å². The van der Waals surface area contributed by atoms with Gasteiger partial charge >= 0.3 is 0 Å². The maximum atomic E-state index is 6.13. The van der Waals surface area contributed by atoms with Gasteiger partial charge in [-0.15, -0.1) is 0 Å². The lowest BCUT2D eigenvalue weighted by Crippen LogP contribution is -2.38. The average molecular weight is 415 g/mol. The van der Waals surface area contributed by atoms with Crippen molar-refractivity contribution >= 4 is 39.3 Å². The molecule has 0 saturated carbocycles. The van der Waals surface area contributed by atoms with Gasteiger partial charge in [0.05, 0.1) is 3.57 Å². The van der Waals surface area contributed by atoms with Gasteiger partial charge in [0.1, 0.15) is 17.7 Å². The van der Waals surface area contributed by atoms with E-state index >= 15 is 0 Å². The Morgan fingerprint density at radius 3 is 2.76 bits per heavy atom. The number of anilines is 1. The Balaban J connectivity index is 1.56. The molecular weight excluding hydrogens is 397 g/mol. The van der Waals surface area contributed by atoms with E-state index in [0.29, 0.717) is 6.10 Å². The summed E-state index contributed by atoms with van der Waals surface area (Å²) in [6.45, 7) is 4.08. The molecule has 1 aliphatic heterocycles. The number of hydrogen-bond acceptors (Lipinski definition) is 5. The molecule has 1 aromatic carbocycles. The second kappa shape index (κ2) is 6.91. The minimum atomic E-state index is 0.302. The number of aromatic nitrogens is 2. The molecule has 0 radical (unpaired) electrons. The van der Waals surface area contributed by atoms with Gasteiger partial charge in [-0.2, -0.15) is 4.37 Å². The third kappa shape index (κ3) is 3.66. The number of benzene rings is 1. The Labute approximate surface area is 142 Å². The highest BCUT2D eigenvalue weighted by atomic mass is 127. The van der Waals surface area contributed by atoms with Gasteiger partial charge in [0, 0.05) is 43.9 Å².